The summed E-state index contributed by atoms with van der Waals surface area (Å²) in [7, 11) is 0. The molecule has 2 aromatic carbocycles. The van der Waals surface area contributed by atoms with Crippen LogP contribution in [0.3, 0.4) is 0 Å². The maximum absolute atomic E-state index is 11.5. The highest BCUT2D eigenvalue weighted by molar-refractivity contribution is 5.94. The molecule has 0 amide bonds. The van der Waals surface area contributed by atoms with E-state index in [-0.39, 0.29) is 5.69 Å². The molecule has 0 bridgehead atoms. The molecule has 0 saturated carbocycles. The average Bonchev–Trinajstić information content (AvgIpc) is 2.85. The van der Waals surface area contributed by atoms with Crippen LogP contribution in [0.4, 0.5) is 17.2 Å². The number of nitrogens with one attached hydrogen (secondary N) is 2. The van der Waals surface area contributed by atoms with Crippen LogP contribution >= 0.6 is 0 Å². The van der Waals surface area contributed by atoms with Gasteiger partial charge in [0.2, 0.25) is 0 Å². The van der Waals surface area contributed by atoms with E-state index in [0.29, 0.717) is 42.1 Å². The summed E-state index contributed by atoms with van der Waals surface area (Å²) in [6.45, 7) is 11.4. The van der Waals surface area contributed by atoms with E-state index in [1.165, 1.54) is 12.4 Å². The summed E-state index contributed by atoms with van der Waals surface area (Å²) in [4.78, 5) is 22.1. The number of hydrogen-bond donors (Lipinski definition) is 2. The number of anilines is 2. The lowest BCUT2D eigenvalue weighted by atomic mass is 10.1. The Labute approximate surface area is 200 Å². The number of rotatable bonds is 14. The Morgan fingerprint density at radius 2 is 1.79 bits per heavy atom. The van der Waals surface area contributed by atoms with Gasteiger partial charge in [0.15, 0.2) is 0 Å². The fraction of sp³-hybridized carbons (Fsp3) is 0.440. The van der Waals surface area contributed by atoms with Gasteiger partial charge in [0.25, 0.3) is 5.69 Å². The maximum atomic E-state index is 11.5. The van der Waals surface area contributed by atoms with Crippen LogP contribution in [-0.2, 0) is 6.54 Å². The van der Waals surface area contributed by atoms with Gasteiger partial charge >= 0.3 is 0 Å². The van der Waals surface area contributed by atoms with Gasteiger partial charge in [0.1, 0.15) is 23.6 Å². The minimum absolute atomic E-state index is 0.00537. The highest BCUT2D eigenvalue weighted by Crippen LogP contribution is 2.32. The number of hydrogen-bond acceptors (Lipinski definition) is 8. The van der Waals surface area contributed by atoms with Crippen molar-refractivity contribution >= 4 is 28.1 Å². The molecule has 0 aliphatic rings. The fourth-order valence-electron chi connectivity index (χ4n) is 3.77. The predicted molar refractivity (Wildman–Crippen MR) is 137 cm³/mol. The molecule has 0 unspecified atom stereocenters. The molecule has 0 radical (unpaired) electrons. The Morgan fingerprint density at radius 1 is 1.03 bits per heavy atom. The van der Waals surface area contributed by atoms with E-state index in [9.17, 15) is 10.1 Å². The van der Waals surface area contributed by atoms with Crippen LogP contribution in [0.5, 0.6) is 5.75 Å². The largest absolute Gasteiger partial charge is 0.494 e. The summed E-state index contributed by atoms with van der Waals surface area (Å²) < 4.78 is 5.87. The number of nitrogens with zero attached hydrogens (tertiary/aromatic N) is 4. The van der Waals surface area contributed by atoms with Crippen molar-refractivity contribution in [1.29, 1.82) is 0 Å². The second-order valence-corrected chi connectivity index (χ2v) is 7.98. The van der Waals surface area contributed by atoms with E-state index < -0.39 is 4.92 Å². The molecular formula is C25H34N6O3. The Balaban J connectivity index is 1.58. The van der Waals surface area contributed by atoms with E-state index in [1.54, 1.807) is 6.07 Å². The van der Waals surface area contributed by atoms with Gasteiger partial charge in [-0.1, -0.05) is 26.0 Å². The molecule has 9 nitrogen and oxygen atoms in total. The molecule has 0 saturated heterocycles. The maximum Gasteiger partial charge on any atom is 0.293 e. The average molecular weight is 467 g/mol. The molecule has 3 aromatic rings. The standard InChI is InChI=1S/C25H34N6O3/c1-4-26-23-16-22-21(15-24(23)31(32)33)25(29-18-28-22)27-17-19-9-11-20(12-10-19)34-14-8-7-13-30(5-2)6-3/h9-12,15-16,18,26H,4-8,13-14,17H2,1-3H3,(H,27,28,29). The molecule has 0 fully saturated rings. The topological polar surface area (TPSA) is 105 Å². The number of benzene rings is 2. The van der Waals surface area contributed by atoms with Crippen molar-refractivity contribution in [2.75, 3.05) is 43.4 Å². The smallest absolute Gasteiger partial charge is 0.293 e. The second-order valence-electron chi connectivity index (χ2n) is 7.98. The van der Waals surface area contributed by atoms with Gasteiger partial charge in [0.05, 0.1) is 17.0 Å². The summed E-state index contributed by atoms with van der Waals surface area (Å²) in [5.74, 6) is 1.41. The predicted octanol–water partition coefficient (Wildman–Crippen LogP) is 5.08. The van der Waals surface area contributed by atoms with E-state index in [4.69, 9.17) is 4.74 Å². The van der Waals surface area contributed by atoms with Crippen molar-refractivity contribution in [3.8, 4) is 5.75 Å². The van der Waals surface area contributed by atoms with Crippen molar-refractivity contribution in [3.63, 3.8) is 0 Å². The molecule has 0 aliphatic carbocycles. The molecule has 0 atom stereocenters. The third-order valence-electron chi connectivity index (χ3n) is 5.73. The Kier molecular flexibility index (Phi) is 9.40. The van der Waals surface area contributed by atoms with Crippen molar-refractivity contribution in [2.45, 2.75) is 40.2 Å². The monoisotopic (exact) mass is 466 g/mol. The molecule has 34 heavy (non-hydrogen) atoms. The summed E-state index contributed by atoms with van der Waals surface area (Å²) in [5.41, 5.74) is 2.15. The van der Waals surface area contributed by atoms with Gasteiger partial charge in [-0.15, -0.1) is 0 Å². The lowest BCUT2D eigenvalue weighted by Gasteiger charge is -2.17. The van der Waals surface area contributed by atoms with Crippen LogP contribution in [0.15, 0.2) is 42.7 Å². The van der Waals surface area contributed by atoms with Crippen molar-refractivity contribution < 1.29 is 9.66 Å². The summed E-state index contributed by atoms with van der Waals surface area (Å²) in [6.07, 6.45) is 3.62. The first kappa shape index (κ1) is 25.2. The molecular weight excluding hydrogens is 432 g/mol. The normalized spacial score (nSPS) is 11.1. The number of fused-ring (bicyclic) bond motifs is 1. The molecule has 182 valence electrons. The quantitative estimate of drug-likeness (QED) is 0.192. The molecule has 1 heterocycles. The zero-order chi connectivity index (χ0) is 24.3. The molecule has 0 spiro atoms. The van der Waals surface area contributed by atoms with Gasteiger partial charge in [-0.05, 0) is 63.2 Å². The van der Waals surface area contributed by atoms with Crippen LogP contribution in [0.25, 0.3) is 10.9 Å². The summed E-state index contributed by atoms with van der Waals surface area (Å²) in [6, 6.07) is 11.2. The van der Waals surface area contributed by atoms with E-state index in [1.807, 2.05) is 31.2 Å². The van der Waals surface area contributed by atoms with Crippen LogP contribution in [0, 0.1) is 10.1 Å². The van der Waals surface area contributed by atoms with E-state index in [0.717, 1.165) is 43.8 Å². The van der Waals surface area contributed by atoms with Crippen LogP contribution in [0.1, 0.15) is 39.2 Å². The first-order valence-electron chi connectivity index (χ1n) is 11.9. The second kappa shape index (κ2) is 12.7. The third kappa shape index (κ3) is 6.77. The van der Waals surface area contributed by atoms with E-state index >= 15 is 0 Å². The van der Waals surface area contributed by atoms with Crippen molar-refractivity contribution in [1.82, 2.24) is 14.9 Å². The minimum Gasteiger partial charge on any atom is -0.494 e. The van der Waals surface area contributed by atoms with E-state index in [2.05, 4.69) is 39.3 Å². The number of nitro benzene ring substituents is 1. The third-order valence-corrected chi connectivity index (χ3v) is 5.73. The van der Waals surface area contributed by atoms with Crippen molar-refractivity contribution in [3.05, 3.63) is 58.4 Å². The highest BCUT2D eigenvalue weighted by Gasteiger charge is 2.17. The molecule has 0 aliphatic heterocycles. The molecule has 2 N–H and O–H groups in total. The van der Waals surface area contributed by atoms with Crippen LogP contribution < -0.4 is 15.4 Å². The first-order valence-corrected chi connectivity index (χ1v) is 11.9. The van der Waals surface area contributed by atoms with Gasteiger partial charge < -0.3 is 20.3 Å². The van der Waals surface area contributed by atoms with Crippen LogP contribution in [0.2, 0.25) is 0 Å². The summed E-state index contributed by atoms with van der Waals surface area (Å²) >= 11 is 0. The molecule has 9 heteroatoms. The number of ether oxygens (including phenoxy) is 1. The number of aromatic nitrogens is 2. The van der Waals surface area contributed by atoms with Gasteiger partial charge in [-0.25, -0.2) is 9.97 Å². The van der Waals surface area contributed by atoms with Gasteiger partial charge in [0, 0.05) is 24.5 Å². The lowest BCUT2D eigenvalue weighted by Crippen LogP contribution is -2.24. The molecule has 1 aromatic heterocycles. The summed E-state index contributed by atoms with van der Waals surface area (Å²) in [5, 5.41) is 18.4. The molecule has 3 rings (SSSR count). The van der Waals surface area contributed by atoms with Gasteiger partial charge in [-0.2, -0.15) is 0 Å². The minimum atomic E-state index is -0.392. The highest BCUT2D eigenvalue weighted by atomic mass is 16.6. The zero-order valence-corrected chi connectivity index (χ0v) is 20.2. The van der Waals surface area contributed by atoms with Crippen LogP contribution in [-0.4, -0.2) is 52.6 Å². The SMILES string of the molecule is CCNc1cc2ncnc(NCc3ccc(OCCCCN(CC)CC)cc3)c2cc1[N+](=O)[O-]. The zero-order valence-electron chi connectivity index (χ0n) is 20.2. The lowest BCUT2D eigenvalue weighted by molar-refractivity contribution is -0.383. The van der Waals surface area contributed by atoms with Crippen molar-refractivity contribution in [2.24, 2.45) is 0 Å². The Morgan fingerprint density at radius 3 is 2.47 bits per heavy atom. The number of nitro groups is 1. The number of unbranched alkanes of at least 4 members (excludes halogenated alkanes) is 1. The van der Waals surface area contributed by atoms with Gasteiger partial charge in [-0.3, -0.25) is 10.1 Å². The Hall–Kier alpha value is -3.46. The fourth-order valence-corrected chi connectivity index (χ4v) is 3.77. The Bertz CT molecular complexity index is 1070. The first-order chi connectivity index (χ1) is 16.5.